The van der Waals surface area contributed by atoms with Gasteiger partial charge in [0, 0.05) is 19.0 Å². The molecule has 1 fully saturated rings. The second-order valence-corrected chi connectivity index (χ2v) is 4.15. The number of rotatable bonds is 3. The summed E-state index contributed by atoms with van der Waals surface area (Å²) < 4.78 is 5.01. The zero-order chi connectivity index (χ0) is 10.8. The Bertz CT molecular complexity index is 359. The Balaban J connectivity index is 2.10. The predicted octanol–water partition coefficient (Wildman–Crippen LogP) is 2.26. The molecule has 1 heterocycles. The first kappa shape index (κ1) is 10.4. The molecule has 4 heteroatoms. The summed E-state index contributed by atoms with van der Waals surface area (Å²) >= 11 is 5.37. The van der Waals surface area contributed by atoms with Crippen molar-refractivity contribution in [2.75, 3.05) is 19.1 Å². The highest BCUT2D eigenvalue weighted by molar-refractivity contribution is 7.80. The van der Waals surface area contributed by atoms with Crippen molar-refractivity contribution in [2.45, 2.75) is 12.8 Å². The van der Waals surface area contributed by atoms with Crippen LogP contribution < -0.4 is 9.64 Å². The van der Waals surface area contributed by atoms with Crippen LogP contribution in [0.15, 0.2) is 18.3 Å². The van der Waals surface area contributed by atoms with Gasteiger partial charge in [-0.25, -0.2) is 4.98 Å². The quantitative estimate of drug-likeness (QED) is 0.733. The van der Waals surface area contributed by atoms with Crippen LogP contribution in [0.5, 0.6) is 5.88 Å². The third kappa shape index (κ3) is 2.26. The largest absolute Gasteiger partial charge is 0.481 e. The SMILES string of the molecule is COc1ccc(N(C)C(=S)C2CC2)cn1. The van der Waals surface area contributed by atoms with E-state index in [9.17, 15) is 0 Å². The van der Waals surface area contributed by atoms with E-state index in [0.717, 1.165) is 10.7 Å². The van der Waals surface area contributed by atoms with Gasteiger partial charge in [-0.05, 0) is 18.9 Å². The first-order valence-electron chi connectivity index (χ1n) is 5.00. The minimum Gasteiger partial charge on any atom is -0.481 e. The summed E-state index contributed by atoms with van der Waals surface area (Å²) in [6, 6.07) is 3.82. The fourth-order valence-electron chi connectivity index (χ4n) is 1.42. The van der Waals surface area contributed by atoms with Gasteiger partial charge < -0.3 is 9.64 Å². The Morgan fingerprint density at radius 3 is 2.73 bits per heavy atom. The van der Waals surface area contributed by atoms with Crippen LogP contribution in [0.4, 0.5) is 5.69 Å². The summed E-state index contributed by atoms with van der Waals surface area (Å²) in [4.78, 5) is 7.20. The molecule has 0 unspecified atom stereocenters. The molecule has 1 aromatic heterocycles. The number of pyridine rings is 1. The van der Waals surface area contributed by atoms with Crippen molar-refractivity contribution in [3.8, 4) is 5.88 Å². The Kier molecular flexibility index (Phi) is 2.86. The Morgan fingerprint density at radius 2 is 2.27 bits per heavy atom. The van der Waals surface area contributed by atoms with Crippen LogP contribution in [0, 0.1) is 5.92 Å². The first-order chi connectivity index (χ1) is 7.22. The highest BCUT2D eigenvalue weighted by Crippen LogP contribution is 2.33. The molecule has 15 heavy (non-hydrogen) atoms. The normalized spacial score (nSPS) is 14.8. The molecular formula is C11H14N2OS. The van der Waals surface area contributed by atoms with Crippen molar-refractivity contribution >= 4 is 22.9 Å². The summed E-state index contributed by atoms with van der Waals surface area (Å²) in [7, 11) is 3.60. The molecule has 3 nitrogen and oxygen atoms in total. The van der Waals surface area contributed by atoms with Crippen LogP contribution in [0.1, 0.15) is 12.8 Å². The number of anilines is 1. The van der Waals surface area contributed by atoms with Crippen molar-refractivity contribution in [1.29, 1.82) is 0 Å². The van der Waals surface area contributed by atoms with Crippen molar-refractivity contribution in [3.63, 3.8) is 0 Å². The van der Waals surface area contributed by atoms with E-state index in [-0.39, 0.29) is 0 Å². The lowest BCUT2D eigenvalue weighted by Gasteiger charge is -2.19. The van der Waals surface area contributed by atoms with Crippen molar-refractivity contribution in [1.82, 2.24) is 4.98 Å². The minimum atomic E-state index is 0.604. The van der Waals surface area contributed by atoms with Gasteiger partial charge in [0.25, 0.3) is 0 Å². The molecule has 1 saturated carbocycles. The number of ether oxygens (including phenoxy) is 1. The molecule has 1 aliphatic rings. The fourth-order valence-corrected chi connectivity index (χ4v) is 1.76. The van der Waals surface area contributed by atoms with Gasteiger partial charge in [-0.15, -0.1) is 0 Å². The third-order valence-electron chi connectivity index (χ3n) is 2.57. The molecule has 0 saturated heterocycles. The van der Waals surface area contributed by atoms with Gasteiger partial charge in [0.1, 0.15) is 0 Å². The minimum absolute atomic E-state index is 0.604. The second kappa shape index (κ2) is 4.14. The summed E-state index contributed by atoms with van der Waals surface area (Å²) in [5.41, 5.74) is 1.02. The van der Waals surface area contributed by atoms with E-state index in [1.807, 2.05) is 24.1 Å². The van der Waals surface area contributed by atoms with Crippen molar-refractivity contribution in [3.05, 3.63) is 18.3 Å². The van der Waals surface area contributed by atoms with Crippen LogP contribution in [0.25, 0.3) is 0 Å². The number of hydrogen-bond donors (Lipinski definition) is 0. The van der Waals surface area contributed by atoms with Gasteiger partial charge in [-0.1, -0.05) is 12.2 Å². The number of methoxy groups -OCH3 is 1. The molecule has 0 spiro atoms. The van der Waals surface area contributed by atoms with E-state index < -0.39 is 0 Å². The fraction of sp³-hybridized carbons (Fsp3) is 0.455. The Labute approximate surface area is 95.1 Å². The lowest BCUT2D eigenvalue weighted by Crippen LogP contribution is -2.25. The number of aromatic nitrogens is 1. The molecule has 0 aromatic carbocycles. The Morgan fingerprint density at radius 1 is 1.53 bits per heavy atom. The molecular weight excluding hydrogens is 208 g/mol. The van der Waals surface area contributed by atoms with E-state index in [4.69, 9.17) is 17.0 Å². The lowest BCUT2D eigenvalue weighted by atomic mass is 10.3. The van der Waals surface area contributed by atoms with E-state index in [2.05, 4.69) is 4.98 Å². The smallest absolute Gasteiger partial charge is 0.213 e. The number of thiocarbonyl (C=S) groups is 1. The second-order valence-electron chi connectivity index (χ2n) is 3.73. The summed E-state index contributed by atoms with van der Waals surface area (Å²) in [6.45, 7) is 0. The van der Waals surface area contributed by atoms with Gasteiger partial charge >= 0.3 is 0 Å². The monoisotopic (exact) mass is 222 g/mol. The zero-order valence-electron chi connectivity index (χ0n) is 8.93. The molecule has 1 aromatic rings. The summed E-state index contributed by atoms with van der Waals surface area (Å²) in [6.07, 6.45) is 4.24. The van der Waals surface area contributed by atoms with Gasteiger partial charge in [-0.2, -0.15) is 0 Å². The highest BCUT2D eigenvalue weighted by Gasteiger charge is 2.28. The molecule has 0 N–H and O–H groups in total. The van der Waals surface area contributed by atoms with Gasteiger partial charge in [0.15, 0.2) is 0 Å². The maximum Gasteiger partial charge on any atom is 0.213 e. The van der Waals surface area contributed by atoms with Crippen molar-refractivity contribution < 1.29 is 4.74 Å². The lowest BCUT2D eigenvalue weighted by molar-refractivity contribution is 0.398. The van der Waals surface area contributed by atoms with Crippen LogP contribution in [-0.4, -0.2) is 24.1 Å². The molecule has 0 aliphatic heterocycles. The summed E-state index contributed by atoms with van der Waals surface area (Å²) in [5, 5.41) is 0. The molecule has 1 aliphatic carbocycles. The van der Waals surface area contributed by atoms with Crippen molar-refractivity contribution in [2.24, 2.45) is 5.92 Å². The van der Waals surface area contributed by atoms with Crippen LogP contribution in [0.2, 0.25) is 0 Å². The molecule has 0 atom stereocenters. The molecule has 0 radical (unpaired) electrons. The zero-order valence-corrected chi connectivity index (χ0v) is 9.75. The number of nitrogens with zero attached hydrogens (tertiary/aromatic N) is 2. The van der Waals surface area contributed by atoms with Crippen LogP contribution >= 0.6 is 12.2 Å². The van der Waals surface area contributed by atoms with Gasteiger partial charge in [-0.3, -0.25) is 0 Å². The maximum absolute atomic E-state index is 5.37. The third-order valence-corrected chi connectivity index (χ3v) is 3.18. The molecule has 0 bridgehead atoms. The molecule has 0 amide bonds. The summed E-state index contributed by atoms with van der Waals surface area (Å²) in [5.74, 6) is 1.23. The maximum atomic E-state index is 5.37. The van der Waals surface area contributed by atoms with E-state index in [1.165, 1.54) is 12.8 Å². The van der Waals surface area contributed by atoms with E-state index in [0.29, 0.717) is 11.8 Å². The standard InChI is InChI=1S/C11H14N2OS/c1-13(11(15)8-3-4-8)9-5-6-10(14-2)12-7-9/h5-8H,3-4H2,1-2H3. The van der Waals surface area contributed by atoms with Crippen LogP contribution in [0.3, 0.4) is 0 Å². The van der Waals surface area contributed by atoms with E-state index >= 15 is 0 Å². The first-order valence-corrected chi connectivity index (χ1v) is 5.41. The highest BCUT2D eigenvalue weighted by atomic mass is 32.1. The number of hydrogen-bond acceptors (Lipinski definition) is 3. The average molecular weight is 222 g/mol. The van der Waals surface area contributed by atoms with Gasteiger partial charge in [0.2, 0.25) is 5.88 Å². The van der Waals surface area contributed by atoms with Crippen LogP contribution in [-0.2, 0) is 0 Å². The average Bonchev–Trinajstić information content (AvgIpc) is 3.11. The molecule has 80 valence electrons. The Hall–Kier alpha value is -1.16. The topological polar surface area (TPSA) is 25.4 Å². The molecule has 2 rings (SSSR count). The predicted molar refractivity (Wildman–Crippen MR) is 64.5 cm³/mol. The van der Waals surface area contributed by atoms with E-state index in [1.54, 1.807) is 13.3 Å². The van der Waals surface area contributed by atoms with Gasteiger partial charge in [0.05, 0.1) is 24.0 Å².